The Balaban J connectivity index is 1.42. The van der Waals surface area contributed by atoms with Crippen LogP contribution in [0.15, 0.2) is 54.7 Å². The van der Waals surface area contributed by atoms with E-state index >= 15 is 0 Å². The van der Waals surface area contributed by atoms with E-state index in [0.29, 0.717) is 25.0 Å². The highest BCUT2D eigenvalue weighted by Gasteiger charge is 2.32. The zero-order valence-electron chi connectivity index (χ0n) is 18.6. The SMILES string of the molecule is NC(=O)c1cc(COc2ccc3c(c2)CC(C(=O)Nc2cc(N)cc(C(F)(F)F)c2)CC3)ccn1. The third kappa shape index (κ3) is 5.89. The van der Waals surface area contributed by atoms with Gasteiger partial charge in [0.2, 0.25) is 5.91 Å². The Labute approximate surface area is 199 Å². The van der Waals surface area contributed by atoms with Crippen LogP contribution in [0, 0.1) is 5.92 Å². The summed E-state index contributed by atoms with van der Waals surface area (Å²) < 4.78 is 45.0. The van der Waals surface area contributed by atoms with Gasteiger partial charge in [-0.25, -0.2) is 0 Å². The quantitative estimate of drug-likeness (QED) is 0.455. The third-order valence-corrected chi connectivity index (χ3v) is 5.81. The number of primary amides is 1. The fourth-order valence-corrected chi connectivity index (χ4v) is 4.04. The molecule has 10 heteroatoms. The second-order valence-electron chi connectivity index (χ2n) is 8.40. The maximum absolute atomic E-state index is 13.1. The number of carbonyl (C=O) groups excluding carboxylic acids is 2. The lowest BCUT2D eigenvalue weighted by molar-refractivity contribution is -0.137. The van der Waals surface area contributed by atoms with E-state index in [2.05, 4.69) is 10.3 Å². The normalized spacial score (nSPS) is 15.2. The number of nitrogens with one attached hydrogen (secondary N) is 1. The number of nitrogen functional groups attached to an aromatic ring is 1. The Morgan fingerprint density at radius 1 is 1.09 bits per heavy atom. The van der Waals surface area contributed by atoms with Gasteiger partial charge in [0.15, 0.2) is 0 Å². The number of amides is 2. The summed E-state index contributed by atoms with van der Waals surface area (Å²) in [5.74, 6) is -0.811. The summed E-state index contributed by atoms with van der Waals surface area (Å²) in [6.07, 6.45) is -1.43. The minimum atomic E-state index is -4.56. The Morgan fingerprint density at radius 3 is 2.63 bits per heavy atom. The van der Waals surface area contributed by atoms with Crippen LogP contribution < -0.4 is 21.5 Å². The van der Waals surface area contributed by atoms with E-state index in [-0.39, 0.29) is 29.6 Å². The van der Waals surface area contributed by atoms with Crippen LogP contribution in [0.3, 0.4) is 0 Å². The first kappa shape index (κ1) is 24.1. The molecule has 1 aromatic heterocycles. The zero-order chi connectivity index (χ0) is 25.2. The highest BCUT2D eigenvalue weighted by molar-refractivity contribution is 5.93. The number of fused-ring (bicyclic) bond motifs is 1. The van der Waals surface area contributed by atoms with E-state index in [1.54, 1.807) is 12.1 Å². The van der Waals surface area contributed by atoms with Crippen LogP contribution in [0.25, 0.3) is 0 Å². The predicted octanol–water partition coefficient (Wildman–Crippen LogP) is 4.10. The summed E-state index contributed by atoms with van der Waals surface area (Å²) >= 11 is 0. The number of aromatic nitrogens is 1. The van der Waals surface area contributed by atoms with Gasteiger partial charge >= 0.3 is 6.18 Å². The Kier molecular flexibility index (Phi) is 6.63. The molecule has 2 aromatic carbocycles. The lowest BCUT2D eigenvalue weighted by atomic mass is 9.83. The number of hydrogen-bond acceptors (Lipinski definition) is 5. The summed E-state index contributed by atoms with van der Waals surface area (Å²) in [4.78, 5) is 28.0. The van der Waals surface area contributed by atoms with E-state index in [0.717, 1.165) is 28.8 Å². The minimum absolute atomic E-state index is 0.0119. The van der Waals surface area contributed by atoms with Crippen molar-refractivity contribution >= 4 is 23.2 Å². The van der Waals surface area contributed by atoms with Gasteiger partial charge in [0, 0.05) is 23.5 Å². The van der Waals surface area contributed by atoms with Gasteiger partial charge in [0.25, 0.3) is 5.91 Å². The Hall–Kier alpha value is -4.08. The molecule has 35 heavy (non-hydrogen) atoms. The number of anilines is 2. The van der Waals surface area contributed by atoms with Crippen molar-refractivity contribution in [2.24, 2.45) is 11.7 Å². The molecular weight excluding hydrogens is 461 g/mol. The van der Waals surface area contributed by atoms with Crippen molar-refractivity contribution < 1.29 is 27.5 Å². The van der Waals surface area contributed by atoms with E-state index in [1.807, 2.05) is 18.2 Å². The topological polar surface area (TPSA) is 120 Å². The van der Waals surface area contributed by atoms with Crippen LogP contribution in [0.4, 0.5) is 24.5 Å². The van der Waals surface area contributed by atoms with Crippen molar-refractivity contribution in [3.8, 4) is 5.75 Å². The summed E-state index contributed by atoms with van der Waals surface area (Å²) in [7, 11) is 0. The predicted molar refractivity (Wildman–Crippen MR) is 124 cm³/mol. The molecule has 7 nitrogen and oxygen atoms in total. The molecule has 1 aliphatic rings. The minimum Gasteiger partial charge on any atom is -0.489 e. The molecule has 1 atom stereocenters. The first-order chi connectivity index (χ1) is 16.6. The van der Waals surface area contributed by atoms with Gasteiger partial charge in [0.05, 0.1) is 5.56 Å². The lowest BCUT2D eigenvalue weighted by Gasteiger charge is -2.24. The van der Waals surface area contributed by atoms with Crippen molar-refractivity contribution in [2.75, 3.05) is 11.1 Å². The molecule has 0 bridgehead atoms. The van der Waals surface area contributed by atoms with Gasteiger partial charge in [-0.05, 0) is 78.4 Å². The van der Waals surface area contributed by atoms with Gasteiger partial charge in [-0.1, -0.05) is 6.07 Å². The second-order valence-corrected chi connectivity index (χ2v) is 8.40. The molecule has 0 radical (unpaired) electrons. The number of ether oxygens (including phenoxy) is 1. The number of benzene rings is 2. The number of nitrogens with two attached hydrogens (primary N) is 2. The maximum Gasteiger partial charge on any atom is 0.416 e. The van der Waals surface area contributed by atoms with Gasteiger partial charge in [0.1, 0.15) is 18.1 Å². The third-order valence-electron chi connectivity index (χ3n) is 5.81. The number of halogens is 3. The van der Waals surface area contributed by atoms with Crippen LogP contribution in [0.1, 0.15) is 39.2 Å². The number of pyridine rings is 1. The monoisotopic (exact) mass is 484 g/mol. The average molecular weight is 484 g/mol. The smallest absolute Gasteiger partial charge is 0.416 e. The van der Waals surface area contributed by atoms with Crippen LogP contribution in [-0.2, 0) is 30.4 Å². The van der Waals surface area contributed by atoms with Crippen molar-refractivity contribution in [1.29, 1.82) is 0 Å². The number of hydrogen-bond donors (Lipinski definition) is 3. The first-order valence-corrected chi connectivity index (χ1v) is 10.9. The summed E-state index contributed by atoms with van der Waals surface area (Å²) in [6.45, 7) is 0.197. The van der Waals surface area contributed by atoms with E-state index in [4.69, 9.17) is 16.2 Å². The zero-order valence-corrected chi connectivity index (χ0v) is 18.6. The molecule has 182 valence electrons. The molecule has 5 N–H and O–H groups in total. The lowest BCUT2D eigenvalue weighted by Crippen LogP contribution is -2.28. The average Bonchev–Trinajstić information content (AvgIpc) is 2.81. The fourth-order valence-electron chi connectivity index (χ4n) is 4.04. The van der Waals surface area contributed by atoms with Gasteiger partial charge in [-0.3, -0.25) is 14.6 Å². The van der Waals surface area contributed by atoms with Gasteiger partial charge in [-0.15, -0.1) is 0 Å². The van der Waals surface area contributed by atoms with Crippen LogP contribution in [0.5, 0.6) is 5.75 Å². The number of nitrogens with zero attached hydrogens (tertiary/aromatic N) is 1. The van der Waals surface area contributed by atoms with Crippen LogP contribution in [-0.4, -0.2) is 16.8 Å². The van der Waals surface area contributed by atoms with Crippen LogP contribution in [0.2, 0.25) is 0 Å². The first-order valence-electron chi connectivity index (χ1n) is 10.9. The Morgan fingerprint density at radius 2 is 1.89 bits per heavy atom. The molecule has 0 aliphatic heterocycles. The summed E-state index contributed by atoms with van der Waals surface area (Å²) in [5.41, 5.74) is 12.8. The van der Waals surface area contributed by atoms with E-state index in [9.17, 15) is 22.8 Å². The highest BCUT2D eigenvalue weighted by Crippen LogP contribution is 2.34. The molecule has 1 heterocycles. The van der Waals surface area contributed by atoms with Crippen molar-refractivity contribution in [1.82, 2.24) is 4.98 Å². The van der Waals surface area contributed by atoms with Gasteiger partial charge in [-0.2, -0.15) is 13.2 Å². The van der Waals surface area contributed by atoms with Crippen LogP contribution >= 0.6 is 0 Å². The summed E-state index contributed by atoms with van der Waals surface area (Å²) in [5, 5.41) is 2.58. The number of carbonyl (C=O) groups is 2. The number of alkyl halides is 3. The molecular formula is C25H23F3N4O3. The van der Waals surface area contributed by atoms with Crippen molar-refractivity contribution in [3.63, 3.8) is 0 Å². The van der Waals surface area contributed by atoms with Crippen molar-refractivity contribution in [2.45, 2.75) is 32.0 Å². The van der Waals surface area contributed by atoms with Gasteiger partial charge < -0.3 is 21.5 Å². The largest absolute Gasteiger partial charge is 0.489 e. The summed E-state index contributed by atoms with van der Waals surface area (Å²) in [6, 6.07) is 11.9. The molecule has 0 saturated heterocycles. The molecule has 0 saturated carbocycles. The maximum atomic E-state index is 13.1. The fraction of sp³-hybridized carbons (Fsp3) is 0.240. The highest BCUT2D eigenvalue weighted by atomic mass is 19.4. The number of rotatable bonds is 6. The molecule has 4 rings (SSSR count). The standard InChI is InChI=1S/C25H23F3N4O3/c26-25(27,28)18-10-19(29)12-20(11-18)32-24(34)16-2-1-15-3-4-21(9-17(15)8-16)35-13-14-5-6-31-22(7-14)23(30)33/h3-7,9-12,16H,1-2,8,13,29H2,(H2,30,33)(H,32,34). The Bertz CT molecular complexity index is 1280. The molecule has 2 amide bonds. The molecule has 0 fully saturated rings. The molecule has 1 aliphatic carbocycles. The van der Waals surface area contributed by atoms with E-state index in [1.165, 1.54) is 12.3 Å². The molecule has 1 unspecified atom stereocenters. The molecule has 0 spiro atoms. The number of aryl methyl sites for hydroxylation is 1. The van der Waals surface area contributed by atoms with E-state index < -0.39 is 23.6 Å². The second kappa shape index (κ2) is 9.65. The molecule has 3 aromatic rings. The van der Waals surface area contributed by atoms with Crippen molar-refractivity contribution in [3.05, 3.63) is 82.7 Å².